The Morgan fingerprint density at radius 1 is 1.11 bits per heavy atom. The van der Waals surface area contributed by atoms with Gasteiger partial charge >= 0.3 is 6.03 Å². The molecule has 1 aromatic heterocycles. The summed E-state index contributed by atoms with van der Waals surface area (Å²) in [5.41, 5.74) is 3.01. The van der Waals surface area contributed by atoms with E-state index < -0.39 is 0 Å². The lowest BCUT2D eigenvalue weighted by Crippen LogP contribution is -2.44. The molecule has 1 unspecified atom stereocenters. The second kappa shape index (κ2) is 7.82. The second-order valence-electron chi connectivity index (χ2n) is 6.51. The molecule has 0 saturated heterocycles. The fourth-order valence-electron chi connectivity index (χ4n) is 3.73. The van der Waals surface area contributed by atoms with Gasteiger partial charge in [0.15, 0.2) is 11.5 Å². The maximum Gasteiger partial charge on any atom is 0.322 e. The first-order chi connectivity index (χ1) is 13.0. The number of carbonyl (C=O) groups is 1. The van der Waals surface area contributed by atoms with Crippen LogP contribution in [-0.2, 0) is 6.54 Å². The van der Waals surface area contributed by atoms with Crippen molar-refractivity contribution >= 4 is 11.7 Å². The van der Waals surface area contributed by atoms with Crippen molar-refractivity contribution in [3.63, 3.8) is 0 Å². The van der Waals surface area contributed by atoms with Gasteiger partial charge in [-0.05, 0) is 25.5 Å². The van der Waals surface area contributed by atoms with E-state index in [4.69, 9.17) is 14.2 Å². The largest absolute Gasteiger partial charge is 0.493 e. The van der Waals surface area contributed by atoms with Crippen LogP contribution in [0.5, 0.6) is 17.2 Å². The van der Waals surface area contributed by atoms with Gasteiger partial charge in [-0.1, -0.05) is 6.92 Å². The normalized spacial score (nSPS) is 15.9. The van der Waals surface area contributed by atoms with Crippen molar-refractivity contribution in [1.82, 2.24) is 9.47 Å². The first-order valence-electron chi connectivity index (χ1n) is 9.07. The zero-order valence-corrected chi connectivity index (χ0v) is 16.5. The Bertz CT molecular complexity index is 806. The van der Waals surface area contributed by atoms with Crippen LogP contribution in [0.4, 0.5) is 10.5 Å². The molecular formula is C20H27N3O4. The lowest BCUT2D eigenvalue weighted by molar-refractivity contribution is 0.165. The number of nitrogens with one attached hydrogen (secondary N) is 1. The zero-order valence-electron chi connectivity index (χ0n) is 16.5. The lowest BCUT2D eigenvalue weighted by Gasteiger charge is -2.37. The van der Waals surface area contributed by atoms with E-state index >= 15 is 0 Å². The number of aromatic nitrogens is 1. The van der Waals surface area contributed by atoms with E-state index in [-0.39, 0.29) is 12.1 Å². The third kappa shape index (κ3) is 3.41. The van der Waals surface area contributed by atoms with Crippen LogP contribution in [0, 0.1) is 6.92 Å². The quantitative estimate of drug-likeness (QED) is 0.865. The smallest absolute Gasteiger partial charge is 0.322 e. The van der Waals surface area contributed by atoms with Gasteiger partial charge in [0.1, 0.15) is 0 Å². The van der Waals surface area contributed by atoms with Gasteiger partial charge in [-0.2, -0.15) is 0 Å². The van der Waals surface area contributed by atoms with Crippen molar-refractivity contribution in [2.75, 3.05) is 33.2 Å². The van der Waals surface area contributed by atoms with Crippen molar-refractivity contribution in [2.24, 2.45) is 0 Å². The number of ether oxygens (including phenoxy) is 3. The predicted octanol–water partition coefficient (Wildman–Crippen LogP) is 3.82. The minimum atomic E-state index is -0.138. The van der Waals surface area contributed by atoms with E-state index in [2.05, 4.69) is 35.9 Å². The number of anilines is 1. The van der Waals surface area contributed by atoms with Gasteiger partial charge in [0.05, 0.1) is 33.1 Å². The molecule has 1 aromatic carbocycles. The molecule has 1 aliphatic rings. The van der Waals surface area contributed by atoms with Gasteiger partial charge in [0.2, 0.25) is 5.75 Å². The Balaban J connectivity index is 1.85. The molecule has 0 fully saturated rings. The average Bonchev–Trinajstić information content (AvgIpc) is 3.07. The van der Waals surface area contributed by atoms with Gasteiger partial charge in [-0.25, -0.2) is 4.79 Å². The number of hydrogen-bond donors (Lipinski definition) is 1. The highest BCUT2D eigenvalue weighted by atomic mass is 16.5. The summed E-state index contributed by atoms with van der Waals surface area (Å²) in [5, 5.41) is 2.98. The molecule has 3 rings (SSSR count). The number of urea groups is 1. The number of rotatable bonds is 5. The Labute approximate surface area is 159 Å². The first-order valence-corrected chi connectivity index (χ1v) is 9.07. The topological polar surface area (TPSA) is 65.0 Å². The molecule has 1 atom stereocenters. The van der Waals surface area contributed by atoms with Crippen LogP contribution >= 0.6 is 0 Å². The van der Waals surface area contributed by atoms with Crippen LogP contribution in [-0.4, -0.2) is 43.4 Å². The van der Waals surface area contributed by atoms with Gasteiger partial charge in [-0.15, -0.1) is 0 Å². The molecule has 1 aliphatic heterocycles. The summed E-state index contributed by atoms with van der Waals surface area (Å²) in [6, 6.07) is 7.60. The molecule has 0 saturated carbocycles. The molecule has 0 bridgehead atoms. The van der Waals surface area contributed by atoms with Gasteiger partial charge < -0.3 is 29.0 Å². The van der Waals surface area contributed by atoms with Crippen molar-refractivity contribution in [3.8, 4) is 17.2 Å². The molecule has 1 N–H and O–H groups in total. The number of aryl methyl sites for hydroxylation is 1. The molecule has 2 amide bonds. The molecule has 0 aliphatic carbocycles. The van der Waals surface area contributed by atoms with E-state index in [0.717, 1.165) is 13.0 Å². The fraction of sp³-hybridized carbons (Fsp3) is 0.450. The average molecular weight is 373 g/mol. The van der Waals surface area contributed by atoms with Gasteiger partial charge in [0.25, 0.3) is 0 Å². The Kier molecular flexibility index (Phi) is 5.48. The van der Waals surface area contributed by atoms with Gasteiger partial charge in [0, 0.05) is 36.6 Å². The molecule has 7 heteroatoms. The number of amides is 2. The van der Waals surface area contributed by atoms with E-state index in [1.807, 2.05) is 4.90 Å². The number of benzene rings is 1. The summed E-state index contributed by atoms with van der Waals surface area (Å²) in [4.78, 5) is 14.9. The number of carbonyl (C=O) groups excluding carboxylic acids is 1. The summed E-state index contributed by atoms with van der Waals surface area (Å²) < 4.78 is 18.4. The molecule has 2 heterocycles. The minimum Gasteiger partial charge on any atom is -0.493 e. The first kappa shape index (κ1) is 18.9. The standard InChI is InChI=1S/C20H27N3O4/c1-6-15-16-8-7-13(2)22(16)9-10-23(15)20(24)21-14-11-17(25-3)19(27-5)18(12-14)26-4/h7-8,11-12,15H,6,9-10H2,1-5H3,(H,21,24). The summed E-state index contributed by atoms with van der Waals surface area (Å²) in [7, 11) is 4.66. The highest BCUT2D eigenvalue weighted by molar-refractivity contribution is 5.90. The van der Waals surface area contributed by atoms with Crippen molar-refractivity contribution in [1.29, 1.82) is 0 Å². The zero-order chi connectivity index (χ0) is 19.6. The van der Waals surface area contributed by atoms with E-state index in [1.165, 1.54) is 11.4 Å². The summed E-state index contributed by atoms with van der Waals surface area (Å²) in [6.07, 6.45) is 0.853. The van der Waals surface area contributed by atoms with Crippen molar-refractivity contribution < 1.29 is 19.0 Å². The molecule has 0 radical (unpaired) electrons. The maximum absolute atomic E-state index is 13.0. The summed E-state index contributed by atoms with van der Waals surface area (Å²) in [5.74, 6) is 1.50. The molecule has 0 spiro atoms. The fourth-order valence-corrected chi connectivity index (χ4v) is 3.73. The maximum atomic E-state index is 13.0. The van der Waals surface area contributed by atoms with E-state index in [9.17, 15) is 4.79 Å². The molecule has 146 valence electrons. The van der Waals surface area contributed by atoms with Crippen LogP contribution in [0.1, 0.15) is 30.8 Å². The third-order valence-electron chi connectivity index (χ3n) is 5.08. The third-order valence-corrected chi connectivity index (χ3v) is 5.08. The highest BCUT2D eigenvalue weighted by Gasteiger charge is 2.30. The lowest BCUT2D eigenvalue weighted by atomic mass is 10.1. The Morgan fingerprint density at radius 3 is 2.33 bits per heavy atom. The molecule has 7 nitrogen and oxygen atoms in total. The van der Waals surface area contributed by atoms with Crippen LogP contribution in [0.2, 0.25) is 0 Å². The van der Waals surface area contributed by atoms with E-state index in [1.54, 1.807) is 33.5 Å². The van der Waals surface area contributed by atoms with Crippen molar-refractivity contribution in [3.05, 3.63) is 35.7 Å². The minimum absolute atomic E-state index is 0.0505. The summed E-state index contributed by atoms with van der Waals surface area (Å²) in [6.45, 7) is 5.66. The predicted molar refractivity (Wildman–Crippen MR) is 104 cm³/mol. The van der Waals surface area contributed by atoms with E-state index in [0.29, 0.717) is 29.5 Å². The molecule has 2 aromatic rings. The Hall–Kier alpha value is -2.83. The highest BCUT2D eigenvalue weighted by Crippen LogP contribution is 2.40. The van der Waals surface area contributed by atoms with Crippen LogP contribution in [0.25, 0.3) is 0 Å². The Morgan fingerprint density at radius 2 is 1.78 bits per heavy atom. The van der Waals surface area contributed by atoms with Gasteiger partial charge in [-0.3, -0.25) is 0 Å². The number of methoxy groups -OCH3 is 3. The number of fused-ring (bicyclic) bond motifs is 1. The van der Waals surface area contributed by atoms with Crippen LogP contribution < -0.4 is 19.5 Å². The van der Waals surface area contributed by atoms with Crippen molar-refractivity contribution in [2.45, 2.75) is 32.9 Å². The van der Waals surface area contributed by atoms with Crippen LogP contribution in [0.3, 0.4) is 0 Å². The second-order valence-corrected chi connectivity index (χ2v) is 6.51. The number of nitrogens with zero attached hydrogens (tertiary/aromatic N) is 2. The van der Waals surface area contributed by atoms with Crippen LogP contribution in [0.15, 0.2) is 24.3 Å². The molecular weight excluding hydrogens is 346 g/mol. The number of hydrogen-bond acceptors (Lipinski definition) is 4. The SMILES string of the molecule is CCC1c2ccc(C)n2CCN1C(=O)Nc1cc(OC)c(OC)c(OC)c1. The molecule has 27 heavy (non-hydrogen) atoms. The summed E-state index contributed by atoms with van der Waals surface area (Å²) >= 11 is 0. The monoisotopic (exact) mass is 373 g/mol.